The van der Waals surface area contributed by atoms with Gasteiger partial charge in [-0.25, -0.2) is 0 Å². The minimum Gasteiger partial charge on any atom is -0.359 e. The predicted molar refractivity (Wildman–Crippen MR) is 180 cm³/mol. The number of H-pyrrole nitrogens is 2. The summed E-state index contributed by atoms with van der Waals surface area (Å²) in [6.45, 7) is 24.0. The van der Waals surface area contributed by atoms with Gasteiger partial charge in [0.05, 0.1) is 15.6 Å². The van der Waals surface area contributed by atoms with Crippen molar-refractivity contribution >= 4 is 54.9 Å². The van der Waals surface area contributed by atoms with Gasteiger partial charge in [-0.15, -0.1) is 22.7 Å². The van der Waals surface area contributed by atoms with Crippen molar-refractivity contribution in [2.75, 3.05) is 14.1 Å². The molecule has 0 spiro atoms. The first kappa shape index (κ1) is 43.8. The number of thiophene rings is 2. The Morgan fingerprint density at radius 3 is 1.52 bits per heavy atom. The van der Waals surface area contributed by atoms with Crippen molar-refractivity contribution < 1.29 is 9.59 Å². The first-order valence-corrected chi connectivity index (χ1v) is 15.9. The number of aromatic nitrogens is 2. The molecule has 0 fully saturated rings. The summed E-state index contributed by atoms with van der Waals surface area (Å²) in [5.41, 5.74) is 0.640. The third-order valence-corrected chi connectivity index (χ3v) is 5.69. The number of aromatic amines is 2. The van der Waals surface area contributed by atoms with Gasteiger partial charge >= 0.3 is 0 Å². The third-order valence-electron chi connectivity index (χ3n) is 3.93. The highest BCUT2D eigenvalue weighted by Crippen LogP contribution is 2.15. The second-order valence-electron chi connectivity index (χ2n) is 5.55. The van der Waals surface area contributed by atoms with Gasteiger partial charge in [-0.05, 0) is 22.9 Å². The van der Waals surface area contributed by atoms with E-state index in [9.17, 15) is 19.2 Å². The lowest BCUT2D eigenvalue weighted by Gasteiger charge is -1.98. The van der Waals surface area contributed by atoms with E-state index in [-0.39, 0.29) is 33.8 Å². The lowest BCUT2D eigenvalue weighted by molar-refractivity contribution is 0.0954. The Kier molecular flexibility index (Phi) is 31.5. The monoisotopic (exact) mass is 596 g/mol. The predicted octanol–water partition coefficient (Wildman–Crippen LogP) is 8.06. The standard InChI is InChI=1S/2C9H8N2O2S.6C2H6/c1-10-9(13)5-4-11-6-2-3-14-8(6)7(5)12;1-10-8(13)6-4-11-9-5(7(6)12)2-3-14-9;6*1-2/h2*2-4H,1H3,(H,10,13)(H,11,12);6*1-2H3. The van der Waals surface area contributed by atoms with Crippen molar-refractivity contribution in [1.29, 1.82) is 0 Å². The Morgan fingerprint density at radius 2 is 1.05 bits per heavy atom. The molecule has 0 unspecified atom stereocenters. The second kappa shape index (κ2) is 28.8. The highest BCUT2D eigenvalue weighted by molar-refractivity contribution is 7.17. The van der Waals surface area contributed by atoms with Crippen LogP contribution in [0, 0.1) is 0 Å². The maximum absolute atomic E-state index is 11.7. The average molecular weight is 597 g/mol. The molecule has 0 aliphatic heterocycles. The molecule has 4 N–H and O–H groups in total. The maximum Gasteiger partial charge on any atom is 0.256 e. The highest BCUT2D eigenvalue weighted by Gasteiger charge is 2.12. The fourth-order valence-electron chi connectivity index (χ4n) is 2.49. The number of rotatable bonds is 2. The Bertz CT molecular complexity index is 1190. The molecule has 4 rings (SSSR count). The van der Waals surface area contributed by atoms with Crippen LogP contribution in [0.3, 0.4) is 0 Å². The van der Waals surface area contributed by atoms with Crippen LogP contribution in [0.5, 0.6) is 0 Å². The highest BCUT2D eigenvalue weighted by atomic mass is 32.1. The Hall–Kier alpha value is -3.24. The van der Waals surface area contributed by atoms with Gasteiger partial charge in [0.15, 0.2) is 0 Å². The van der Waals surface area contributed by atoms with Gasteiger partial charge in [-0.3, -0.25) is 19.2 Å². The zero-order chi connectivity index (χ0) is 32.3. The fourth-order valence-corrected chi connectivity index (χ4v) is 4.06. The average Bonchev–Trinajstić information content (AvgIpc) is 3.74. The minimum atomic E-state index is -0.362. The summed E-state index contributed by atoms with van der Waals surface area (Å²) in [6, 6.07) is 3.53. The quantitative estimate of drug-likeness (QED) is 0.187. The SMILES string of the molecule is CC.CC.CC.CC.CC.CC.CNC(=O)c1c[nH]c2ccsc2c1=O.CNC(=O)c1c[nH]c2sccc2c1=O. The van der Waals surface area contributed by atoms with Crippen LogP contribution in [0.15, 0.2) is 44.9 Å². The van der Waals surface area contributed by atoms with Crippen LogP contribution in [0.25, 0.3) is 20.4 Å². The summed E-state index contributed by atoms with van der Waals surface area (Å²) in [5.74, 6) is -0.721. The number of hydrogen-bond donors (Lipinski definition) is 4. The molecule has 228 valence electrons. The number of nitrogens with one attached hydrogen (secondary N) is 4. The van der Waals surface area contributed by atoms with E-state index < -0.39 is 0 Å². The molecule has 0 aliphatic carbocycles. The molecular formula is C30H52N4O4S2. The molecule has 0 radical (unpaired) electrons. The number of amides is 2. The van der Waals surface area contributed by atoms with Crippen LogP contribution in [-0.2, 0) is 0 Å². The Labute approximate surface area is 248 Å². The van der Waals surface area contributed by atoms with Crippen molar-refractivity contribution in [2.24, 2.45) is 0 Å². The van der Waals surface area contributed by atoms with Crippen molar-refractivity contribution in [3.05, 3.63) is 66.9 Å². The van der Waals surface area contributed by atoms with E-state index in [0.29, 0.717) is 10.1 Å². The molecule has 2 amide bonds. The van der Waals surface area contributed by atoms with Crippen LogP contribution in [0.1, 0.15) is 104 Å². The third kappa shape index (κ3) is 13.2. The van der Waals surface area contributed by atoms with Crippen LogP contribution < -0.4 is 21.5 Å². The minimum absolute atomic E-state index is 0.151. The number of hydrogen-bond acceptors (Lipinski definition) is 6. The first-order valence-electron chi connectivity index (χ1n) is 14.1. The van der Waals surface area contributed by atoms with Crippen molar-refractivity contribution in [3.8, 4) is 0 Å². The van der Waals surface area contributed by atoms with E-state index in [2.05, 4.69) is 20.6 Å². The van der Waals surface area contributed by atoms with Crippen LogP contribution in [0.2, 0.25) is 0 Å². The van der Waals surface area contributed by atoms with E-state index in [1.807, 2.05) is 99.9 Å². The maximum atomic E-state index is 11.7. The van der Waals surface area contributed by atoms with E-state index in [1.54, 1.807) is 6.07 Å². The van der Waals surface area contributed by atoms with Crippen LogP contribution >= 0.6 is 22.7 Å². The van der Waals surface area contributed by atoms with Gasteiger partial charge < -0.3 is 20.6 Å². The number of carbonyl (C=O) groups is 2. The zero-order valence-corrected chi connectivity index (χ0v) is 28.5. The molecular weight excluding hydrogens is 544 g/mol. The lowest BCUT2D eigenvalue weighted by Crippen LogP contribution is -2.25. The van der Waals surface area contributed by atoms with Gasteiger partial charge in [0.1, 0.15) is 16.0 Å². The van der Waals surface area contributed by atoms with E-state index in [1.165, 1.54) is 49.2 Å². The molecule has 0 aliphatic rings. The summed E-state index contributed by atoms with van der Waals surface area (Å²) in [6.07, 6.45) is 2.89. The lowest BCUT2D eigenvalue weighted by atomic mass is 10.2. The molecule has 0 aromatic carbocycles. The van der Waals surface area contributed by atoms with E-state index in [0.717, 1.165) is 10.3 Å². The fraction of sp³-hybridized carbons (Fsp3) is 0.467. The van der Waals surface area contributed by atoms with Gasteiger partial charge in [-0.1, -0.05) is 83.1 Å². The molecule has 4 aromatic heterocycles. The van der Waals surface area contributed by atoms with Crippen LogP contribution in [0.4, 0.5) is 0 Å². The molecule has 0 atom stereocenters. The summed E-state index contributed by atoms with van der Waals surface area (Å²) in [7, 11) is 3.00. The van der Waals surface area contributed by atoms with Crippen molar-refractivity contribution in [2.45, 2.75) is 83.1 Å². The molecule has 40 heavy (non-hydrogen) atoms. The summed E-state index contributed by atoms with van der Waals surface area (Å²) in [4.78, 5) is 52.6. The Balaban J connectivity index is -0.000000236. The number of carbonyl (C=O) groups excluding carboxylic acids is 2. The second-order valence-corrected chi connectivity index (χ2v) is 7.38. The first-order chi connectivity index (χ1) is 19.5. The summed E-state index contributed by atoms with van der Waals surface area (Å²) >= 11 is 2.77. The molecule has 4 heterocycles. The molecule has 0 saturated heterocycles. The molecule has 0 bridgehead atoms. The van der Waals surface area contributed by atoms with E-state index >= 15 is 0 Å². The van der Waals surface area contributed by atoms with Gasteiger partial charge in [0, 0.05) is 26.5 Å². The van der Waals surface area contributed by atoms with Crippen LogP contribution in [-0.4, -0.2) is 35.9 Å². The normalized spacial score (nSPS) is 8.15. The van der Waals surface area contributed by atoms with Gasteiger partial charge in [-0.2, -0.15) is 0 Å². The van der Waals surface area contributed by atoms with E-state index in [4.69, 9.17) is 0 Å². The summed E-state index contributed by atoms with van der Waals surface area (Å²) < 4.78 is 0.589. The van der Waals surface area contributed by atoms with Gasteiger partial charge in [0.25, 0.3) is 11.8 Å². The van der Waals surface area contributed by atoms with Crippen molar-refractivity contribution in [3.63, 3.8) is 0 Å². The topological polar surface area (TPSA) is 124 Å². The molecule has 8 nitrogen and oxygen atoms in total. The number of fused-ring (bicyclic) bond motifs is 2. The molecule has 0 saturated carbocycles. The molecule has 4 aromatic rings. The summed E-state index contributed by atoms with van der Waals surface area (Å²) in [5, 5.41) is 9.05. The largest absolute Gasteiger partial charge is 0.359 e. The molecule has 10 heteroatoms. The van der Waals surface area contributed by atoms with Gasteiger partial charge in [0.2, 0.25) is 10.9 Å². The Morgan fingerprint density at radius 1 is 0.625 bits per heavy atom. The smallest absolute Gasteiger partial charge is 0.256 e. The zero-order valence-electron chi connectivity index (χ0n) is 26.9. The number of pyridine rings is 2. The van der Waals surface area contributed by atoms with Crippen molar-refractivity contribution in [1.82, 2.24) is 20.6 Å².